The van der Waals surface area contributed by atoms with Crippen molar-refractivity contribution in [2.24, 2.45) is 0 Å². The molecule has 0 fully saturated rings. The molecule has 3 nitrogen and oxygen atoms in total. The van der Waals surface area contributed by atoms with E-state index >= 15 is 0 Å². The summed E-state index contributed by atoms with van der Waals surface area (Å²) in [6.45, 7) is 3.47. The Morgan fingerprint density at radius 1 is 1.32 bits per heavy atom. The van der Waals surface area contributed by atoms with Gasteiger partial charge >= 0.3 is 5.97 Å². The van der Waals surface area contributed by atoms with Crippen LogP contribution < -0.4 is 0 Å². The van der Waals surface area contributed by atoms with E-state index in [4.69, 9.17) is 27.9 Å². The molecular weight excluding hydrogens is 323 g/mol. The zero-order valence-electron chi connectivity index (χ0n) is 12.4. The smallest absolute Gasteiger partial charge is 0.347 e. The average Bonchev–Trinajstić information content (AvgIpc) is 2.46. The highest BCUT2D eigenvalue weighted by Gasteiger charge is 2.44. The van der Waals surface area contributed by atoms with Gasteiger partial charge in [0.1, 0.15) is 4.33 Å². The summed E-state index contributed by atoms with van der Waals surface area (Å²) in [4.78, 5) is 12.5. The monoisotopic (exact) mass is 340 g/mol. The third-order valence-corrected chi connectivity index (χ3v) is 3.91. The number of esters is 1. The van der Waals surface area contributed by atoms with E-state index in [2.05, 4.69) is 0 Å². The number of allylic oxidation sites excluding steroid dienone is 2. The number of ether oxygens (including phenoxy) is 1. The summed E-state index contributed by atoms with van der Waals surface area (Å²) >= 11 is 12.1. The number of carbonyl (C=O) groups is 1. The Balaban J connectivity index is 2.46. The Bertz CT molecular complexity index is 606. The van der Waals surface area contributed by atoms with Gasteiger partial charge in [-0.25, -0.2) is 4.79 Å². The maximum atomic E-state index is 12.5. The topological polar surface area (TPSA) is 46.5 Å². The molecule has 5 heteroatoms. The first-order chi connectivity index (χ1) is 10.3. The van der Waals surface area contributed by atoms with Crippen LogP contribution in [0.1, 0.15) is 25.8 Å². The molecule has 0 aromatic heterocycles. The van der Waals surface area contributed by atoms with Crippen molar-refractivity contribution in [1.29, 1.82) is 0 Å². The zero-order valence-corrected chi connectivity index (χ0v) is 13.9. The summed E-state index contributed by atoms with van der Waals surface area (Å²) in [6.07, 6.45) is 4.75. The molecule has 1 unspecified atom stereocenters. The third kappa shape index (κ3) is 3.54. The number of rotatable bonds is 4. The first kappa shape index (κ1) is 17.1. The van der Waals surface area contributed by atoms with Crippen molar-refractivity contribution in [1.82, 2.24) is 0 Å². The summed E-state index contributed by atoms with van der Waals surface area (Å²) < 4.78 is 4.22. The normalized spacial score (nSPS) is 19.5. The second-order valence-corrected chi connectivity index (χ2v) is 7.03. The number of alkyl halides is 2. The predicted molar refractivity (Wildman–Crippen MR) is 87.8 cm³/mol. The molecule has 0 spiro atoms. The minimum absolute atomic E-state index is 0.298. The van der Waals surface area contributed by atoms with Crippen LogP contribution in [0.15, 0.2) is 54.1 Å². The van der Waals surface area contributed by atoms with E-state index in [1.54, 1.807) is 56.3 Å². The van der Waals surface area contributed by atoms with E-state index in [-0.39, 0.29) is 6.10 Å². The lowest BCUT2D eigenvalue weighted by Crippen LogP contribution is -2.40. The van der Waals surface area contributed by atoms with Gasteiger partial charge in [0.15, 0.2) is 0 Å². The minimum atomic E-state index is -1.88. The van der Waals surface area contributed by atoms with Crippen molar-refractivity contribution in [3.05, 3.63) is 59.7 Å². The van der Waals surface area contributed by atoms with E-state index in [9.17, 15) is 9.90 Å². The van der Waals surface area contributed by atoms with Crippen LogP contribution in [0.2, 0.25) is 0 Å². The fourth-order valence-electron chi connectivity index (χ4n) is 2.24. The molecule has 118 valence electrons. The number of benzene rings is 1. The average molecular weight is 341 g/mol. The van der Waals surface area contributed by atoms with Crippen LogP contribution in [0.25, 0.3) is 0 Å². The minimum Gasteiger partial charge on any atom is -0.460 e. The van der Waals surface area contributed by atoms with E-state index in [1.165, 1.54) is 0 Å². The predicted octanol–water partition coefficient (Wildman–Crippen LogP) is 3.89. The second-order valence-electron chi connectivity index (χ2n) is 5.49. The van der Waals surface area contributed by atoms with Crippen molar-refractivity contribution in [2.45, 2.75) is 36.3 Å². The molecule has 22 heavy (non-hydrogen) atoms. The number of carbonyl (C=O) groups excluding carboxylic acids is 1. The second kappa shape index (κ2) is 6.45. The van der Waals surface area contributed by atoms with Crippen molar-refractivity contribution < 1.29 is 14.6 Å². The summed E-state index contributed by atoms with van der Waals surface area (Å²) in [5, 5.41) is 11.1. The van der Waals surface area contributed by atoms with Gasteiger partial charge in [0, 0.05) is 6.42 Å². The number of hydrogen-bond acceptors (Lipinski definition) is 3. The van der Waals surface area contributed by atoms with Crippen LogP contribution in [0, 0.1) is 0 Å². The molecule has 0 saturated heterocycles. The molecule has 0 saturated carbocycles. The molecule has 0 aliphatic heterocycles. The molecule has 0 heterocycles. The van der Waals surface area contributed by atoms with Gasteiger partial charge in [-0.15, -0.1) is 0 Å². The van der Waals surface area contributed by atoms with Crippen LogP contribution in [-0.2, 0) is 15.1 Å². The summed E-state index contributed by atoms with van der Waals surface area (Å²) in [7, 11) is 0. The van der Waals surface area contributed by atoms with Crippen LogP contribution >= 0.6 is 23.2 Å². The highest BCUT2D eigenvalue weighted by molar-refractivity contribution is 6.50. The molecular formula is C17H18Cl2O3. The van der Waals surface area contributed by atoms with Gasteiger partial charge in [-0.3, -0.25) is 0 Å². The lowest BCUT2D eigenvalue weighted by molar-refractivity contribution is -0.166. The highest BCUT2D eigenvalue weighted by Crippen LogP contribution is 2.39. The summed E-state index contributed by atoms with van der Waals surface area (Å²) in [6, 6.07) is 8.68. The van der Waals surface area contributed by atoms with Gasteiger partial charge in [0.2, 0.25) is 5.60 Å². The maximum absolute atomic E-state index is 12.5. The van der Waals surface area contributed by atoms with Gasteiger partial charge in [-0.05, 0) is 31.1 Å². The fourth-order valence-corrected chi connectivity index (χ4v) is 2.52. The summed E-state index contributed by atoms with van der Waals surface area (Å²) in [5.41, 5.74) is -1.04. The lowest BCUT2D eigenvalue weighted by atomic mass is 9.83. The molecule has 2 rings (SSSR count). The molecule has 1 N–H and O–H groups in total. The Labute approximate surface area is 140 Å². The number of hydrogen-bond donors (Lipinski definition) is 1. The Hall–Kier alpha value is -1.29. The van der Waals surface area contributed by atoms with E-state index < -0.39 is 15.9 Å². The van der Waals surface area contributed by atoms with E-state index in [0.29, 0.717) is 17.6 Å². The van der Waals surface area contributed by atoms with Gasteiger partial charge in [-0.1, -0.05) is 65.7 Å². The van der Waals surface area contributed by atoms with Crippen LogP contribution in [0.5, 0.6) is 0 Å². The van der Waals surface area contributed by atoms with Crippen molar-refractivity contribution >= 4 is 29.2 Å². The Morgan fingerprint density at radius 2 is 1.95 bits per heavy atom. The third-order valence-electron chi connectivity index (χ3n) is 3.35. The van der Waals surface area contributed by atoms with Gasteiger partial charge in [-0.2, -0.15) is 0 Å². The van der Waals surface area contributed by atoms with Crippen LogP contribution in [0.3, 0.4) is 0 Å². The SMILES string of the molecule is CC(C)OC(=O)C(O)(C1=CCC(Cl)(Cl)C=C1)c1ccccc1. The maximum Gasteiger partial charge on any atom is 0.347 e. The Morgan fingerprint density at radius 3 is 2.45 bits per heavy atom. The highest BCUT2D eigenvalue weighted by atomic mass is 35.5. The molecule has 1 aromatic rings. The molecule has 1 aromatic carbocycles. The molecule has 1 aliphatic rings. The van der Waals surface area contributed by atoms with E-state index in [0.717, 1.165) is 0 Å². The quantitative estimate of drug-likeness (QED) is 0.668. The number of aliphatic hydroxyl groups is 1. The fraction of sp³-hybridized carbons (Fsp3) is 0.353. The van der Waals surface area contributed by atoms with Crippen molar-refractivity contribution in [3.63, 3.8) is 0 Å². The summed E-state index contributed by atoms with van der Waals surface area (Å²) in [5.74, 6) is -0.721. The molecule has 0 amide bonds. The first-order valence-electron chi connectivity index (χ1n) is 7.02. The lowest BCUT2D eigenvalue weighted by Gasteiger charge is -2.31. The first-order valence-corrected chi connectivity index (χ1v) is 7.78. The van der Waals surface area contributed by atoms with Gasteiger partial charge in [0.05, 0.1) is 6.10 Å². The molecule has 0 bridgehead atoms. The van der Waals surface area contributed by atoms with Crippen molar-refractivity contribution in [3.8, 4) is 0 Å². The zero-order chi connectivity index (χ0) is 16.4. The van der Waals surface area contributed by atoms with Crippen LogP contribution in [-0.4, -0.2) is 21.5 Å². The molecule has 0 radical (unpaired) electrons. The Kier molecular flexibility index (Phi) is 5.00. The largest absolute Gasteiger partial charge is 0.460 e. The standard InChI is InChI=1S/C17H18Cl2O3/c1-12(2)22-15(20)17(21,13-6-4-3-5-7-13)14-8-10-16(18,19)11-9-14/h3-10,12,21H,11H2,1-2H3. The van der Waals surface area contributed by atoms with Gasteiger partial charge in [0.25, 0.3) is 0 Å². The molecule has 1 aliphatic carbocycles. The van der Waals surface area contributed by atoms with Gasteiger partial charge < -0.3 is 9.84 Å². The number of halogens is 2. The molecule has 1 atom stereocenters. The van der Waals surface area contributed by atoms with Crippen LogP contribution in [0.4, 0.5) is 0 Å². The van der Waals surface area contributed by atoms with E-state index in [1.807, 2.05) is 6.07 Å². The van der Waals surface area contributed by atoms with Crippen molar-refractivity contribution in [2.75, 3.05) is 0 Å².